The zero-order valence-electron chi connectivity index (χ0n) is 9.95. The van der Waals surface area contributed by atoms with Crippen LogP contribution in [0.3, 0.4) is 0 Å². The summed E-state index contributed by atoms with van der Waals surface area (Å²) in [4.78, 5) is 13.2. The Labute approximate surface area is 90.9 Å². The van der Waals surface area contributed by atoms with Crippen LogP contribution in [-0.2, 0) is 4.79 Å². The predicted molar refractivity (Wildman–Crippen MR) is 57.7 cm³/mol. The SMILES string of the molecule is CC(C)N1CCC(O)(C(C)(C)C(=O)O)C1. The Morgan fingerprint density at radius 2 is 2.00 bits per heavy atom. The summed E-state index contributed by atoms with van der Waals surface area (Å²) >= 11 is 0. The molecule has 4 nitrogen and oxygen atoms in total. The van der Waals surface area contributed by atoms with Gasteiger partial charge < -0.3 is 10.2 Å². The second-order valence-corrected chi connectivity index (χ2v) is 5.28. The number of aliphatic carboxylic acids is 1. The molecule has 2 N–H and O–H groups in total. The van der Waals surface area contributed by atoms with Gasteiger partial charge in [-0.1, -0.05) is 0 Å². The Balaban J connectivity index is 2.83. The molecule has 88 valence electrons. The summed E-state index contributed by atoms with van der Waals surface area (Å²) in [5, 5.41) is 19.5. The average Bonchev–Trinajstić information content (AvgIpc) is 2.49. The minimum atomic E-state index is -1.11. The van der Waals surface area contributed by atoms with Gasteiger partial charge >= 0.3 is 5.97 Å². The molecule has 0 radical (unpaired) electrons. The molecule has 1 heterocycles. The normalized spacial score (nSPS) is 28.7. The van der Waals surface area contributed by atoms with Crippen molar-refractivity contribution in [3.05, 3.63) is 0 Å². The standard InChI is InChI=1S/C11H21NO3/c1-8(2)12-6-5-11(15,7-12)10(3,4)9(13)14/h8,15H,5-7H2,1-4H3,(H,13,14). The Bertz CT molecular complexity index is 263. The van der Waals surface area contributed by atoms with Crippen LogP contribution in [0.1, 0.15) is 34.1 Å². The van der Waals surface area contributed by atoms with E-state index in [1.165, 1.54) is 0 Å². The average molecular weight is 215 g/mol. The van der Waals surface area contributed by atoms with Crippen molar-refractivity contribution >= 4 is 5.97 Å². The highest BCUT2D eigenvalue weighted by Gasteiger charge is 2.52. The molecule has 1 atom stereocenters. The molecule has 1 aliphatic rings. The molecule has 0 aromatic carbocycles. The summed E-state index contributed by atoms with van der Waals surface area (Å²) in [6.07, 6.45) is 0.532. The van der Waals surface area contributed by atoms with E-state index in [9.17, 15) is 9.90 Å². The first-order chi connectivity index (χ1) is 6.71. The summed E-state index contributed by atoms with van der Waals surface area (Å²) < 4.78 is 0. The van der Waals surface area contributed by atoms with Crippen LogP contribution >= 0.6 is 0 Å². The summed E-state index contributed by atoms with van der Waals surface area (Å²) in [6, 6.07) is 0.351. The molecule has 0 saturated carbocycles. The summed E-state index contributed by atoms with van der Waals surface area (Å²) in [5.74, 6) is -0.935. The van der Waals surface area contributed by atoms with Gasteiger partial charge in [0, 0.05) is 19.1 Å². The number of carbonyl (C=O) groups is 1. The second kappa shape index (κ2) is 3.76. The van der Waals surface area contributed by atoms with Gasteiger partial charge in [-0.25, -0.2) is 0 Å². The lowest BCUT2D eigenvalue weighted by molar-refractivity contribution is -0.163. The fourth-order valence-electron chi connectivity index (χ4n) is 1.97. The van der Waals surface area contributed by atoms with E-state index in [2.05, 4.69) is 18.7 Å². The molecule has 0 aromatic rings. The molecule has 1 fully saturated rings. The molecule has 1 aliphatic heterocycles. The molecular formula is C11H21NO3. The zero-order chi connectivity index (χ0) is 11.9. The molecule has 4 heteroatoms. The molecule has 0 aliphatic carbocycles. The lowest BCUT2D eigenvalue weighted by Crippen LogP contribution is -2.51. The van der Waals surface area contributed by atoms with Crippen LogP contribution in [0.4, 0.5) is 0 Å². The number of carboxylic acids is 1. The van der Waals surface area contributed by atoms with Crippen LogP contribution in [0.25, 0.3) is 0 Å². The highest BCUT2D eigenvalue weighted by Crippen LogP contribution is 2.39. The van der Waals surface area contributed by atoms with Crippen molar-refractivity contribution in [3.8, 4) is 0 Å². The number of β-amino-alcohol motifs (C(OH)–C–C–N with tert-alkyl or cyclic N) is 1. The lowest BCUT2D eigenvalue weighted by Gasteiger charge is -2.36. The first kappa shape index (κ1) is 12.5. The minimum absolute atomic E-state index is 0.351. The van der Waals surface area contributed by atoms with Gasteiger partial charge in [-0.15, -0.1) is 0 Å². The molecule has 1 rings (SSSR count). The van der Waals surface area contributed by atoms with Crippen molar-refractivity contribution in [1.82, 2.24) is 4.90 Å². The summed E-state index contributed by atoms with van der Waals surface area (Å²) in [6.45, 7) is 8.52. The van der Waals surface area contributed by atoms with Crippen molar-refractivity contribution in [2.45, 2.75) is 45.8 Å². The van der Waals surface area contributed by atoms with Gasteiger partial charge in [0.05, 0.1) is 11.0 Å². The topological polar surface area (TPSA) is 60.8 Å². The molecule has 1 unspecified atom stereocenters. The van der Waals surface area contributed by atoms with Crippen LogP contribution in [0, 0.1) is 5.41 Å². The fourth-order valence-corrected chi connectivity index (χ4v) is 1.97. The van der Waals surface area contributed by atoms with E-state index in [1.807, 2.05) is 0 Å². The monoisotopic (exact) mass is 215 g/mol. The molecule has 0 amide bonds. The third kappa shape index (κ3) is 2.01. The van der Waals surface area contributed by atoms with Crippen LogP contribution < -0.4 is 0 Å². The van der Waals surface area contributed by atoms with Gasteiger partial charge in [0.2, 0.25) is 0 Å². The van der Waals surface area contributed by atoms with Crippen LogP contribution in [-0.4, -0.2) is 45.8 Å². The van der Waals surface area contributed by atoms with Crippen molar-refractivity contribution < 1.29 is 15.0 Å². The smallest absolute Gasteiger partial charge is 0.312 e. The van der Waals surface area contributed by atoms with Crippen LogP contribution in [0.5, 0.6) is 0 Å². The van der Waals surface area contributed by atoms with E-state index in [4.69, 9.17) is 5.11 Å². The molecule has 15 heavy (non-hydrogen) atoms. The van der Waals surface area contributed by atoms with Crippen molar-refractivity contribution in [3.63, 3.8) is 0 Å². The molecule has 0 aromatic heterocycles. The third-order valence-corrected chi connectivity index (χ3v) is 3.71. The van der Waals surface area contributed by atoms with E-state index >= 15 is 0 Å². The highest BCUT2D eigenvalue weighted by atomic mass is 16.4. The minimum Gasteiger partial charge on any atom is -0.481 e. The quantitative estimate of drug-likeness (QED) is 0.735. The molecule has 1 saturated heterocycles. The van der Waals surface area contributed by atoms with Crippen LogP contribution in [0.2, 0.25) is 0 Å². The van der Waals surface area contributed by atoms with Gasteiger partial charge in [-0.05, 0) is 34.1 Å². The molecule has 0 bridgehead atoms. The first-order valence-corrected chi connectivity index (χ1v) is 5.40. The van der Waals surface area contributed by atoms with Crippen molar-refractivity contribution in [2.75, 3.05) is 13.1 Å². The molecular weight excluding hydrogens is 194 g/mol. The van der Waals surface area contributed by atoms with E-state index in [-0.39, 0.29) is 0 Å². The maximum absolute atomic E-state index is 11.1. The maximum Gasteiger partial charge on any atom is 0.312 e. The summed E-state index contributed by atoms with van der Waals surface area (Å²) in [7, 11) is 0. The van der Waals surface area contributed by atoms with E-state index in [0.717, 1.165) is 6.54 Å². The summed E-state index contributed by atoms with van der Waals surface area (Å²) in [5.41, 5.74) is -2.19. The van der Waals surface area contributed by atoms with Crippen molar-refractivity contribution in [1.29, 1.82) is 0 Å². The lowest BCUT2D eigenvalue weighted by atomic mass is 9.74. The number of nitrogens with zero attached hydrogens (tertiary/aromatic N) is 1. The zero-order valence-corrected chi connectivity index (χ0v) is 9.95. The van der Waals surface area contributed by atoms with E-state index < -0.39 is 17.0 Å². The largest absolute Gasteiger partial charge is 0.481 e. The number of hydrogen-bond acceptors (Lipinski definition) is 3. The highest BCUT2D eigenvalue weighted by molar-refractivity contribution is 5.75. The second-order valence-electron chi connectivity index (χ2n) is 5.28. The van der Waals surface area contributed by atoms with E-state index in [1.54, 1.807) is 13.8 Å². The number of aliphatic hydroxyl groups is 1. The number of likely N-dealkylation sites (tertiary alicyclic amines) is 1. The fraction of sp³-hybridized carbons (Fsp3) is 0.909. The predicted octanol–water partition coefficient (Wildman–Crippen LogP) is 0.942. The van der Waals surface area contributed by atoms with Crippen molar-refractivity contribution in [2.24, 2.45) is 5.41 Å². The van der Waals surface area contributed by atoms with E-state index in [0.29, 0.717) is 19.0 Å². The Morgan fingerprint density at radius 1 is 1.47 bits per heavy atom. The Hall–Kier alpha value is -0.610. The third-order valence-electron chi connectivity index (χ3n) is 3.71. The van der Waals surface area contributed by atoms with Gasteiger partial charge in [0.15, 0.2) is 0 Å². The van der Waals surface area contributed by atoms with Gasteiger partial charge in [-0.2, -0.15) is 0 Å². The number of rotatable bonds is 3. The van der Waals surface area contributed by atoms with Gasteiger partial charge in [0.25, 0.3) is 0 Å². The Kier molecular flexibility index (Phi) is 3.12. The maximum atomic E-state index is 11.1. The first-order valence-electron chi connectivity index (χ1n) is 5.40. The number of hydrogen-bond donors (Lipinski definition) is 2. The number of carboxylic acid groups (broad SMARTS) is 1. The van der Waals surface area contributed by atoms with Gasteiger partial charge in [-0.3, -0.25) is 9.69 Å². The Morgan fingerprint density at radius 3 is 2.33 bits per heavy atom. The van der Waals surface area contributed by atoms with Gasteiger partial charge in [0.1, 0.15) is 0 Å². The van der Waals surface area contributed by atoms with Crippen LogP contribution in [0.15, 0.2) is 0 Å². The molecule has 0 spiro atoms.